The standard InChI is InChI=1S/C6H12BO7P/c1-12-15(10,11)14-5-3(2-8)13-6(7)4(5)9/h3-6,8-9H,2H2,1H3,(H,10,11)/p-1/t3-,4?,5+,6-/m1/s1. The first-order valence-electron chi connectivity index (χ1n) is 4.16. The van der Waals surface area contributed by atoms with Gasteiger partial charge in [-0.25, -0.2) is 0 Å². The second kappa shape index (κ2) is 4.92. The summed E-state index contributed by atoms with van der Waals surface area (Å²) >= 11 is 0. The molecule has 1 fully saturated rings. The lowest BCUT2D eigenvalue weighted by Gasteiger charge is -2.27. The molecule has 0 bridgehead atoms. The molecule has 0 aromatic rings. The van der Waals surface area contributed by atoms with E-state index >= 15 is 0 Å². The third-order valence-electron chi connectivity index (χ3n) is 2.03. The Labute approximate surface area is 88.0 Å². The Kier molecular flexibility index (Phi) is 4.31. The third kappa shape index (κ3) is 3.01. The summed E-state index contributed by atoms with van der Waals surface area (Å²) in [6, 6.07) is -1.09. The highest BCUT2D eigenvalue weighted by atomic mass is 31.2. The molecule has 1 rings (SSSR count). The molecule has 1 aliphatic rings. The number of phosphoric acid groups is 1. The van der Waals surface area contributed by atoms with Crippen LogP contribution < -0.4 is 4.89 Å². The minimum absolute atomic E-state index is 0.515. The lowest BCUT2D eigenvalue weighted by atomic mass is 9.93. The van der Waals surface area contributed by atoms with Crippen molar-refractivity contribution in [1.29, 1.82) is 0 Å². The molecule has 86 valence electrons. The predicted molar refractivity (Wildman–Crippen MR) is 47.0 cm³/mol. The minimum Gasteiger partial charge on any atom is -0.756 e. The van der Waals surface area contributed by atoms with E-state index in [4.69, 9.17) is 17.7 Å². The molecule has 0 aromatic heterocycles. The molecule has 5 atom stereocenters. The molecule has 7 nitrogen and oxygen atoms in total. The molecule has 15 heavy (non-hydrogen) atoms. The van der Waals surface area contributed by atoms with Crippen LogP contribution in [0, 0.1) is 0 Å². The first kappa shape index (κ1) is 13.1. The van der Waals surface area contributed by atoms with Gasteiger partial charge >= 0.3 is 0 Å². The van der Waals surface area contributed by atoms with E-state index in [1.54, 1.807) is 0 Å². The summed E-state index contributed by atoms with van der Waals surface area (Å²) in [5.41, 5.74) is 0. The molecule has 1 heterocycles. The van der Waals surface area contributed by atoms with Crippen LogP contribution in [0.2, 0.25) is 0 Å². The first-order valence-corrected chi connectivity index (χ1v) is 5.62. The Morgan fingerprint density at radius 3 is 2.73 bits per heavy atom. The fraction of sp³-hybridized carbons (Fsp3) is 1.00. The summed E-state index contributed by atoms with van der Waals surface area (Å²) in [5.74, 6) is 0. The van der Waals surface area contributed by atoms with E-state index in [0.717, 1.165) is 7.11 Å². The zero-order chi connectivity index (χ0) is 11.6. The van der Waals surface area contributed by atoms with Gasteiger partial charge in [-0.05, 0) is 0 Å². The van der Waals surface area contributed by atoms with Gasteiger partial charge in [0.1, 0.15) is 26.2 Å². The fourth-order valence-corrected chi connectivity index (χ4v) is 1.88. The van der Waals surface area contributed by atoms with Gasteiger partial charge < -0.3 is 28.9 Å². The Morgan fingerprint density at radius 1 is 1.67 bits per heavy atom. The molecule has 0 saturated carbocycles. The van der Waals surface area contributed by atoms with Crippen LogP contribution in [0.3, 0.4) is 0 Å². The highest BCUT2D eigenvalue weighted by molar-refractivity contribution is 7.45. The van der Waals surface area contributed by atoms with Crippen molar-refractivity contribution in [1.82, 2.24) is 0 Å². The van der Waals surface area contributed by atoms with Crippen LogP contribution in [-0.4, -0.2) is 56.1 Å². The molecule has 0 amide bonds. The van der Waals surface area contributed by atoms with Gasteiger partial charge in [0.15, 0.2) is 0 Å². The van der Waals surface area contributed by atoms with E-state index in [-0.39, 0.29) is 0 Å². The molecular weight excluding hydrogens is 226 g/mol. The van der Waals surface area contributed by atoms with Crippen LogP contribution in [0.5, 0.6) is 0 Å². The van der Waals surface area contributed by atoms with Crippen molar-refractivity contribution in [2.75, 3.05) is 13.7 Å². The summed E-state index contributed by atoms with van der Waals surface area (Å²) in [5, 5.41) is 18.3. The van der Waals surface area contributed by atoms with Gasteiger partial charge in [0.25, 0.3) is 7.82 Å². The second-order valence-electron chi connectivity index (χ2n) is 3.01. The Bertz CT molecular complexity index is 262. The molecule has 0 aliphatic carbocycles. The van der Waals surface area contributed by atoms with Gasteiger partial charge in [0, 0.05) is 13.1 Å². The molecule has 0 aromatic carbocycles. The van der Waals surface area contributed by atoms with Crippen molar-refractivity contribution in [3.05, 3.63) is 0 Å². The van der Waals surface area contributed by atoms with Crippen molar-refractivity contribution in [2.45, 2.75) is 24.3 Å². The van der Waals surface area contributed by atoms with Crippen molar-refractivity contribution < 1.29 is 33.5 Å². The number of aliphatic hydroxyl groups is 2. The van der Waals surface area contributed by atoms with E-state index in [1.165, 1.54) is 0 Å². The number of rotatable bonds is 4. The molecule has 1 aliphatic heterocycles. The van der Waals surface area contributed by atoms with Gasteiger partial charge in [0.2, 0.25) is 0 Å². The van der Waals surface area contributed by atoms with Gasteiger partial charge in [-0.3, -0.25) is 4.57 Å². The average Bonchev–Trinajstić information content (AvgIpc) is 2.45. The molecule has 9 heteroatoms. The minimum atomic E-state index is -4.49. The van der Waals surface area contributed by atoms with Crippen LogP contribution in [0.4, 0.5) is 0 Å². The van der Waals surface area contributed by atoms with Gasteiger partial charge in [-0.1, -0.05) is 0 Å². The average molecular weight is 237 g/mol. The Balaban J connectivity index is 2.70. The lowest BCUT2D eigenvalue weighted by Crippen LogP contribution is -2.37. The van der Waals surface area contributed by atoms with Crippen molar-refractivity contribution >= 4 is 15.7 Å². The molecular formula is C6H11BO7P-. The van der Waals surface area contributed by atoms with Crippen LogP contribution in [0.1, 0.15) is 0 Å². The third-order valence-corrected chi connectivity index (χ3v) is 2.97. The molecule has 2 unspecified atom stereocenters. The smallest absolute Gasteiger partial charge is 0.268 e. The zero-order valence-corrected chi connectivity index (χ0v) is 8.87. The number of aliphatic hydroxyl groups excluding tert-OH is 2. The normalized spacial score (nSPS) is 40.3. The summed E-state index contributed by atoms with van der Waals surface area (Å²) in [4.78, 5) is 11.0. The topological polar surface area (TPSA) is 108 Å². The quantitative estimate of drug-likeness (QED) is 0.419. The summed E-state index contributed by atoms with van der Waals surface area (Å²) in [6.45, 7) is -0.515. The van der Waals surface area contributed by atoms with E-state index in [1.807, 2.05) is 0 Å². The number of phosphoric ester groups is 1. The SMILES string of the molecule is [B][C@@H]1O[C@H](CO)[C@H](OP(=O)([O-])OC)C1O. The highest BCUT2D eigenvalue weighted by Crippen LogP contribution is 2.42. The number of ether oxygens (including phenoxy) is 1. The summed E-state index contributed by atoms with van der Waals surface area (Å²) < 4.78 is 24.4. The predicted octanol–water partition coefficient (Wildman–Crippen LogP) is -2.27. The highest BCUT2D eigenvalue weighted by Gasteiger charge is 2.43. The molecule has 2 N–H and O–H groups in total. The van der Waals surface area contributed by atoms with Crippen molar-refractivity contribution in [3.8, 4) is 0 Å². The van der Waals surface area contributed by atoms with Crippen LogP contribution in [-0.2, 0) is 18.3 Å². The summed E-state index contributed by atoms with van der Waals surface area (Å²) in [6.07, 6.45) is -3.58. The molecule has 0 spiro atoms. The van der Waals surface area contributed by atoms with Gasteiger partial charge in [-0.15, -0.1) is 0 Å². The maximum atomic E-state index is 11.0. The summed E-state index contributed by atoms with van der Waals surface area (Å²) in [7, 11) is 1.73. The maximum Gasteiger partial charge on any atom is 0.268 e. The monoisotopic (exact) mass is 237 g/mol. The second-order valence-corrected chi connectivity index (χ2v) is 4.48. The van der Waals surface area contributed by atoms with Crippen LogP contribution in [0.25, 0.3) is 0 Å². The molecule has 2 radical (unpaired) electrons. The van der Waals surface area contributed by atoms with Gasteiger partial charge in [0.05, 0.1) is 6.61 Å². The van der Waals surface area contributed by atoms with Crippen LogP contribution in [0.15, 0.2) is 0 Å². The first-order chi connectivity index (χ1) is 6.91. The largest absolute Gasteiger partial charge is 0.756 e. The maximum absolute atomic E-state index is 11.0. The Morgan fingerprint density at radius 2 is 2.27 bits per heavy atom. The van der Waals surface area contributed by atoms with E-state index in [0.29, 0.717) is 0 Å². The van der Waals surface area contributed by atoms with E-state index in [9.17, 15) is 14.6 Å². The fourth-order valence-electron chi connectivity index (χ4n) is 1.24. The number of hydrogen-bond acceptors (Lipinski definition) is 7. The van der Waals surface area contributed by atoms with Gasteiger partial charge in [-0.2, -0.15) is 0 Å². The van der Waals surface area contributed by atoms with E-state index < -0.39 is 38.7 Å². The zero-order valence-electron chi connectivity index (χ0n) is 7.98. The number of hydrogen-bond donors (Lipinski definition) is 2. The lowest BCUT2D eigenvalue weighted by molar-refractivity contribution is -0.231. The van der Waals surface area contributed by atoms with Crippen molar-refractivity contribution in [3.63, 3.8) is 0 Å². The van der Waals surface area contributed by atoms with Crippen molar-refractivity contribution in [2.24, 2.45) is 0 Å². The molecule has 1 saturated heterocycles. The van der Waals surface area contributed by atoms with Crippen LogP contribution >= 0.6 is 7.82 Å². The van der Waals surface area contributed by atoms with E-state index in [2.05, 4.69) is 9.05 Å². The Hall–Kier alpha value is 0.0549.